The average molecular weight is 227 g/mol. The molecule has 1 aromatic carbocycles. The molecule has 2 aromatic heterocycles. The summed E-state index contributed by atoms with van der Waals surface area (Å²) in [7, 11) is 0. The summed E-state index contributed by atoms with van der Waals surface area (Å²) >= 11 is 0. The molecule has 0 bridgehead atoms. The molecule has 2 heterocycles. The number of carbonyl (C=O) groups excluding carboxylic acids is 1. The maximum Gasteiger partial charge on any atom is 0.310 e. The molecule has 17 heavy (non-hydrogen) atoms. The lowest BCUT2D eigenvalue weighted by atomic mass is 10.1. The summed E-state index contributed by atoms with van der Waals surface area (Å²) in [6, 6.07) is 9.75. The molecule has 0 aliphatic heterocycles. The highest BCUT2D eigenvalue weighted by atomic mass is 16.5. The van der Waals surface area contributed by atoms with Crippen LogP contribution < -0.4 is 5.48 Å². The molecule has 5 heteroatoms. The topological polar surface area (TPSA) is 66.6 Å². The van der Waals surface area contributed by atoms with Crippen molar-refractivity contribution in [1.82, 2.24) is 14.9 Å². The number of amides is 1. The molecular formula is C12H9N3O2. The third kappa shape index (κ3) is 1.37. The summed E-state index contributed by atoms with van der Waals surface area (Å²) in [5.74, 6) is -0.464. The number of nitrogens with zero attached hydrogens (tertiary/aromatic N) is 2. The van der Waals surface area contributed by atoms with E-state index in [1.807, 2.05) is 30.3 Å². The van der Waals surface area contributed by atoms with Crippen LogP contribution in [0, 0.1) is 0 Å². The molecule has 1 amide bonds. The predicted molar refractivity (Wildman–Crippen MR) is 62.0 cm³/mol. The minimum absolute atomic E-state index is 0.160. The van der Waals surface area contributed by atoms with Gasteiger partial charge in [0.15, 0.2) is 0 Å². The lowest BCUT2D eigenvalue weighted by Crippen LogP contribution is -2.21. The first-order valence-corrected chi connectivity index (χ1v) is 5.10. The number of benzene rings is 1. The van der Waals surface area contributed by atoms with Gasteiger partial charge in [0.25, 0.3) is 0 Å². The van der Waals surface area contributed by atoms with Crippen molar-refractivity contribution >= 4 is 22.2 Å². The van der Waals surface area contributed by atoms with E-state index in [0.717, 1.165) is 16.3 Å². The number of imidazole rings is 1. The molecule has 0 saturated heterocycles. The van der Waals surface area contributed by atoms with E-state index in [9.17, 15) is 4.79 Å². The van der Waals surface area contributed by atoms with Crippen LogP contribution in [0.1, 0.15) is 10.6 Å². The summed E-state index contributed by atoms with van der Waals surface area (Å²) < 4.78 is 1.65. The van der Waals surface area contributed by atoms with E-state index in [-0.39, 0.29) is 5.82 Å². The Labute approximate surface area is 96.3 Å². The molecule has 0 spiro atoms. The van der Waals surface area contributed by atoms with E-state index in [4.69, 9.17) is 5.21 Å². The first-order valence-electron chi connectivity index (χ1n) is 5.10. The molecule has 5 nitrogen and oxygen atoms in total. The lowest BCUT2D eigenvalue weighted by Gasteiger charge is -2.02. The number of carbonyl (C=O) groups is 1. The summed E-state index contributed by atoms with van der Waals surface area (Å²) in [5, 5.41) is 10.7. The number of hydrogen-bond donors (Lipinski definition) is 2. The Morgan fingerprint density at radius 3 is 2.94 bits per heavy atom. The van der Waals surface area contributed by atoms with Gasteiger partial charge in [0.2, 0.25) is 5.82 Å². The average Bonchev–Trinajstić information content (AvgIpc) is 2.82. The van der Waals surface area contributed by atoms with E-state index in [0.29, 0.717) is 0 Å². The number of rotatable bonds is 1. The first-order chi connectivity index (χ1) is 8.31. The number of hydrogen-bond acceptors (Lipinski definition) is 3. The summed E-state index contributed by atoms with van der Waals surface area (Å²) in [4.78, 5) is 15.4. The number of pyridine rings is 1. The molecule has 0 unspecified atom stereocenters. The van der Waals surface area contributed by atoms with Crippen molar-refractivity contribution in [2.24, 2.45) is 0 Å². The van der Waals surface area contributed by atoms with Gasteiger partial charge in [-0.3, -0.25) is 14.4 Å². The number of aromatic nitrogens is 2. The molecule has 0 fully saturated rings. The summed E-state index contributed by atoms with van der Waals surface area (Å²) in [6.45, 7) is 0. The van der Waals surface area contributed by atoms with Gasteiger partial charge in [0.1, 0.15) is 0 Å². The van der Waals surface area contributed by atoms with Gasteiger partial charge in [-0.2, -0.15) is 0 Å². The molecule has 84 valence electrons. The van der Waals surface area contributed by atoms with Crippen molar-refractivity contribution in [3.63, 3.8) is 0 Å². The van der Waals surface area contributed by atoms with Crippen LogP contribution in [0.5, 0.6) is 0 Å². The van der Waals surface area contributed by atoms with E-state index in [2.05, 4.69) is 4.98 Å². The molecule has 0 radical (unpaired) electrons. The molecule has 0 aliphatic carbocycles. The van der Waals surface area contributed by atoms with Gasteiger partial charge in [0, 0.05) is 11.6 Å². The van der Waals surface area contributed by atoms with Crippen molar-refractivity contribution in [3.8, 4) is 0 Å². The fourth-order valence-corrected chi connectivity index (χ4v) is 1.96. The number of hydroxylamine groups is 1. The molecular weight excluding hydrogens is 218 g/mol. The highest BCUT2D eigenvalue weighted by molar-refractivity contribution is 5.98. The third-order valence-corrected chi connectivity index (χ3v) is 2.74. The zero-order valence-corrected chi connectivity index (χ0v) is 8.79. The van der Waals surface area contributed by atoms with Gasteiger partial charge in [0.05, 0.1) is 11.7 Å². The highest BCUT2D eigenvalue weighted by Gasteiger charge is 2.12. The van der Waals surface area contributed by atoms with Crippen molar-refractivity contribution < 1.29 is 10.0 Å². The minimum atomic E-state index is -0.625. The fraction of sp³-hybridized carbons (Fsp3) is 0. The molecule has 0 atom stereocenters. The maximum absolute atomic E-state index is 11.4. The summed E-state index contributed by atoms with van der Waals surface area (Å²) in [6.07, 6.45) is 3.38. The second-order valence-electron chi connectivity index (χ2n) is 3.68. The monoisotopic (exact) mass is 227 g/mol. The second-order valence-corrected chi connectivity index (χ2v) is 3.68. The third-order valence-electron chi connectivity index (χ3n) is 2.74. The van der Waals surface area contributed by atoms with E-state index in [1.54, 1.807) is 22.3 Å². The first kappa shape index (κ1) is 9.80. The zero-order chi connectivity index (χ0) is 11.8. The predicted octanol–water partition coefficient (Wildman–Crippen LogP) is 1.61. The van der Waals surface area contributed by atoms with Crippen molar-refractivity contribution in [3.05, 3.63) is 48.5 Å². The zero-order valence-electron chi connectivity index (χ0n) is 8.79. The van der Waals surface area contributed by atoms with Crippen LogP contribution >= 0.6 is 0 Å². The van der Waals surface area contributed by atoms with Gasteiger partial charge in [-0.05, 0) is 11.5 Å². The summed E-state index contributed by atoms with van der Waals surface area (Å²) in [5.41, 5.74) is 2.42. The fourth-order valence-electron chi connectivity index (χ4n) is 1.96. The Hall–Kier alpha value is -2.40. The highest BCUT2D eigenvalue weighted by Crippen LogP contribution is 2.20. The minimum Gasteiger partial charge on any atom is -0.295 e. The van der Waals surface area contributed by atoms with Crippen LogP contribution in [0.15, 0.2) is 42.7 Å². The van der Waals surface area contributed by atoms with Crippen LogP contribution in [-0.4, -0.2) is 20.5 Å². The van der Waals surface area contributed by atoms with Crippen molar-refractivity contribution in [1.29, 1.82) is 0 Å². The Kier molecular flexibility index (Phi) is 2.06. The Balaban J connectivity index is 2.39. The van der Waals surface area contributed by atoms with Gasteiger partial charge in [-0.15, -0.1) is 0 Å². The lowest BCUT2D eigenvalue weighted by molar-refractivity contribution is 0.0694. The van der Waals surface area contributed by atoms with Crippen LogP contribution in [0.3, 0.4) is 0 Å². The van der Waals surface area contributed by atoms with Crippen LogP contribution in [0.4, 0.5) is 0 Å². The normalized spacial score (nSPS) is 10.9. The molecule has 0 saturated carbocycles. The van der Waals surface area contributed by atoms with Gasteiger partial charge >= 0.3 is 5.91 Å². The SMILES string of the molecule is O=C(NO)c1ncc2c3ccccc3ccn12. The van der Waals surface area contributed by atoms with E-state index < -0.39 is 5.91 Å². The smallest absolute Gasteiger partial charge is 0.295 e. The number of nitrogens with one attached hydrogen (secondary N) is 1. The Morgan fingerprint density at radius 2 is 2.12 bits per heavy atom. The van der Waals surface area contributed by atoms with Crippen LogP contribution in [-0.2, 0) is 0 Å². The molecule has 3 aromatic rings. The molecule has 3 rings (SSSR count). The number of fused-ring (bicyclic) bond motifs is 3. The van der Waals surface area contributed by atoms with Crippen molar-refractivity contribution in [2.75, 3.05) is 0 Å². The maximum atomic E-state index is 11.4. The standard InChI is InChI=1S/C12H9N3O2/c16-12(14-17)11-13-7-10-9-4-2-1-3-8(9)5-6-15(10)11/h1-7,17H,(H,14,16). The van der Waals surface area contributed by atoms with E-state index >= 15 is 0 Å². The van der Waals surface area contributed by atoms with Gasteiger partial charge < -0.3 is 0 Å². The van der Waals surface area contributed by atoms with Crippen LogP contribution in [0.2, 0.25) is 0 Å². The van der Waals surface area contributed by atoms with E-state index in [1.165, 1.54) is 0 Å². The van der Waals surface area contributed by atoms with Crippen LogP contribution in [0.25, 0.3) is 16.3 Å². The second kappa shape index (κ2) is 3.57. The Morgan fingerprint density at radius 1 is 1.29 bits per heavy atom. The van der Waals surface area contributed by atoms with Crippen molar-refractivity contribution in [2.45, 2.75) is 0 Å². The quantitative estimate of drug-likeness (QED) is 0.490. The van der Waals surface area contributed by atoms with Gasteiger partial charge in [-0.25, -0.2) is 10.5 Å². The van der Waals surface area contributed by atoms with Gasteiger partial charge in [-0.1, -0.05) is 24.3 Å². The molecule has 0 aliphatic rings. The largest absolute Gasteiger partial charge is 0.310 e. The molecule has 2 N–H and O–H groups in total. The Bertz CT molecular complexity index is 718.